The van der Waals surface area contributed by atoms with Crippen molar-refractivity contribution in [2.45, 2.75) is 19.5 Å². The molecule has 2 N–H and O–H groups in total. The van der Waals surface area contributed by atoms with E-state index in [9.17, 15) is 0 Å². The Balaban J connectivity index is 1.67. The highest BCUT2D eigenvalue weighted by Crippen LogP contribution is 2.32. The van der Waals surface area contributed by atoms with E-state index in [4.69, 9.17) is 9.47 Å². The minimum Gasteiger partial charge on any atom is -0.486 e. The van der Waals surface area contributed by atoms with Gasteiger partial charge in [-0.1, -0.05) is 6.07 Å². The SMILES string of the molecule is CC(NCc1ncn[nH]1)c1ccc2c(c1)OCCO2. The van der Waals surface area contributed by atoms with Crippen LogP contribution in [0.4, 0.5) is 0 Å². The summed E-state index contributed by atoms with van der Waals surface area (Å²) in [7, 11) is 0. The third-order valence-corrected chi connectivity index (χ3v) is 3.11. The second kappa shape index (κ2) is 5.27. The summed E-state index contributed by atoms with van der Waals surface area (Å²) in [6.45, 7) is 3.97. The smallest absolute Gasteiger partial charge is 0.161 e. The summed E-state index contributed by atoms with van der Waals surface area (Å²) in [4.78, 5) is 4.08. The molecule has 1 aromatic heterocycles. The molecule has 6 nitrogen and oxygen atoms in total. The molecular weight excluding hydrogens is 244 g/mol. The molecule has 1 aromatic carbocycles. The first-order valence-electron chi connectivity index (χ1n) is 6.30. The number of nitrogens with one attached hydrogen (secondary N) is 2. The summed E-state index contributed by atoms with van der Waals surface area (Å²) in [5.74, 6) is 2.46. The number of ether oxygens (including phenoxy) is 2. The van der Waals surface area contributed by atoms with Crippen LogP contribution >= 0.6 is 0 Å². The fraction of sp³-hybridized carbons (Fsp3) is 0.385. The zero-order valence-electron chi connectivity index (χ0n) is 10.7. The predicted octanol–water partition coefficient (Wildman–Crippen LogP) is 1.43. The predicted molar refractivity (Wildman–Crippen MR) is 69.1 cm³/mol. The van der Waals surface area contributed by atoms with Crippen LogP contribution in [-0.4, -0.2) is 28.4 Å². The van der Waals surface area contributed by atoms with Crippen molar-refractivity contribution in [1.29, 1.82) is 0 Å². The first kappa shape index (κ1) is 12.0. The summed E-state index contributed by atoms with van der Waals surface area (Å²) in [5, 5.41) is 10.0. The van der Waals surface area contributed by atoms with E-state index in [1.807, 2.05) is 18.2 Å². The first-order chi connectivity index (χ1) is 9.33. The molecule has 0 aliphatic carbocycles. The topological polar surface area (TPSA) is 72.1 Å². The minimum absolute atomic E-state index is 0.195. The standard InChI is InChI=1S/C13H16N4O2/c1-9(14-7-13-15-8-16-17-13)10-2-3-11-12(6-10)19-5-4-18-11/h2-3,6,8-9,14H,4-5,7H2,1H3,(H,15,16,17). The summed E-state index contributed by atoms with van der Waals surface area (Å²) < 4.78 is 11.1. The number of H-pyrrole nitrogens is 1. The largest absolute Gasteiger partial charge is 0.486 e. The molecule has 6 heteroatoms. The normalized spacial score (nSPS) is 15.2. The molecule has 1 atom stereocenters. The van der Waals surface area contributed by atoms with Crippen molar-refractivity contribution in [3.63, 3.8) is 0 Å². The number of fused-ring (bicyclic) bond motifs is 1. The maximum Gasteiger partial charge on any atom is 0.161 e. The van der Waals surface area contributed by atoms with Crippen LogP contribution in [0.1, 0.15) is 24.4 Å². The Morgan fingerprint density at radius 1 is 1.32 bits per heavy atom. The zero-order chi connectivity index (χ0) is 13.1. The van der Waals surface area contributed by atoms with E-state index in [1.165, 1.54) is 6.33 Å². The van der Waals surface area contributed by atoms with Crippen molar-refractivity contribution >= 4 is 0 Å². The fourth-order valence-corrected chi connectivity index (χ4v) is 2.01. The molecule has 0 saturated carbocycles. The molecule has 0 spiro atoms. The van der Waals surface area contributed by atoms with Crippen LogP contribution in [0, 0.1) is 0 Å². The molecular formula is C13H16N4O2. The van der Waals surface area contributed by atoms with Crippen LogP contribution in [0.3, 0.4) is 0 Å². The van der Waals surface area contributed by atoms with Crippen molar-refractivity contribution in [1.82, 2.24) is 20.5 Å². The van der Waals surface area contributed by atoms with Crippen molar-refractivity contribution in [2.24, 2.45) is 0 Å². The summed E-state index contributed by atoms with van der Waals surface area (Å²) in [6, 6.07) is 6.22. The van der Waals surface area contributed by atoms with E-state index in [1.54, 1.807) is 0 Å². The van der Waals surface area contributed by atoms with Crippen LogP contribution in [0.15, 0.2) is 24.5 Å². The maximum absolute atomic E-state index is 5.58. The molecule has 1 aliphatic rings. The molecule has 2 heterocycles. The third kappa shape index (κ3) is 2.68. The van der Waals surface area contributed by atoms with Gasteiger partial charge in [-0.2, -0.15) is 5.10 Å². The van der Waals surface area contributed by atoms with Gasteiger partial charge >= 0.3 is 0 Å². The molecule has 0 amide bonds. The average molecular weight is 260 g/mol. The molecule has 0 saturated heterocycles. The summed E-state index contributed by atoms with van der Waals surface area (Å²) >= 11 is 0. The van der Waals surface area contributed by atoms with E-state index in [-0.39, 0.29) is 6.04 Å². The van der Waals surface area contributed by atoms with Gasteiger partial charge in [0.1, 0.15) is 25.4 Å². The second-order valence-corrected chi connectivity index (χ2v) is 4.44. The number of hydrogen-bond acceptors (Lipinski definition) is 5. The van der Waals surface area contributed by atoms with E-state index >= 15 is 0 Å². The van der Waals surface area contributed by atoms with Crippen LogP contribution < -0.4 is 14.8 Å². The van der Waals surface area contributed by atoms with Gasteiger partial charge in [-0.3, -0.25) is 5.10 Å². The Hall–Kier alpha value is -2.08. The lowest BCUT2D eigenvalue weighted by molar-refractivity contribution is 0.171. The highest BCUT2D eigenvalue weighted by molar-refractivity contribution is 5.44. The molecule has 1 aliphatic heterocycles. The first-order valence-corrected chi connectivity index (χ1v) is 6.30. The molecule has 0 fully saturated rings. The highest BCUT2D eigenvalue weighted by atomic mass is 16.6. The summed E-state index contributed by atoms with van der Waals surface area (Å²) in [6.07, 6.45) is 1.51. The van der Waals surface area contributed by atoms with Gasteiger partial charge in [0.15, 0.2) is 11.5 Å². The number of rotatable bonds is 4. The minimum atomic E-state index is 0.195. The van der Waals surface area contributed by atoms with Crippen LogP contribution in [-0.2, 0) is 6.54 Å². The number of nitrogens with zero attached hydrogens (tertiary/aromatic N) is 2. The van der Waals surface area contributed by atoms with Gasteiger partial charge < -0.3 is 14.8 Å². The number of hydrogen-bond donors (Lipinski definition) is 2. The molecule has 0 radical (unpaired) electrons. The Labute approximate surface area is 111 Å². The van der Waals surface area contributed by atoms with Gasteiger partial charge in [0.2, 0.25) is 0 Å². The Kier molecular flexibility index (Phi) is 3.33. The van der Waals surface area contributed by atoms with Crippen LogP contribution in [0.5, 0.6) is 11.5 Å². The van der Waals surface area contributed by atoms with Crippen molar-refractivity contribution in [3.05, 3.63) is 35.9 Å². The van der Waals surface area contributed by atoms with Gasteiger partial charge in [0, 0.05) is 6.04 Å². The third-order valence-electron chi connectivity index (χ3n) is 3.11. The van der Waals surface area contributed by atoms with Gasteiger partial charge in [-0.25, -0.2) is 4.98 Å². The van der Waals surface area contributed by atoms with Crippen molar-refractivity contribution < 1.29 is 9.47 Å². The van der Waals surface area contributed by atoms with E-state index < -0.39 is 0 Å². The molecule has 3 rings (SSSR count). The molecule has 2 aromatic rings. The van der Waals surface area contributed by atoms with E-state index in [2.05, 4.69) is 27.4 Å². The average Bonchev–Trinajstić information content (AvgIpc) is 2.97. The van der Waals surface area contributed by atoms with Gasteiger partial charge in [-0.05, 0) is 24.6 Å². The molecule has 100 valence electrons. The zero-order valence-corrected chi connectivity index (χ0v) is 10.7. The lowest BCUT2D eigenvalue weighted by Gasteiger charge is -2.21. The fourth-order valence-electron chi connectivity index (χ4n) is 2.01. The summed E-state index contributed by atoms with van der Waals surface area (Å²) in [5.41, 5.74) is 1.16. The van der Waals surface area contributed by atoms with E-state index in [0.29, 0.717) is 19.8 Å². The van der Waals surface area contributed by atoms with Gasteiger partial charge in [0.05, 0.1) is 6.54 Å². The Bertz CT molecular complexity index is 542. The second-order valence-electron chi connectivity index (χ2n) is 4.44. The monoisotopic (exact) mass is 260 g/mol. The maximum atomic E-state index is 5.58. The van der Waals surface area contributed by atoms with Crippen molar-refractivity contribution in [3.8, 4) is 11.5 Å². The molecule has 1 unspecified atom stereocenters. The van der Waals surface area contributed by atoms with Gasteiger partial charge in [-0.15, -0.1) is 0 Å². The number of aromatic amines is 1. The Morgan fingerprint density at radius 3 is 2.95 bits per heavy atom. The Morgan fingerprint density at radius 2 is 2.16 bits per heavy atom. The quantitative estimate of drug-likeness (QED) is 0.870. The van der Waals surface area contributed by atoms with Crippen LogP contribution in [0.25, 0.3) is 0 Å². The van der Waals surface area contributed by atoms with Gasteiger partial charge in [0.25, 0.3) is 0 Å². The molecule has 19 heavy (non-hydrogen) atoms. The van der Waals surface area contributed by atoms with Crippen molar-refractivity contribution in [2.75, 3.05) is 13.2 Å². The van der Waals surface area contributed by atoms with E-state index in [0.717, 1.165) is 22.9 Å². The molecule has 0 bridgehead atoms. The highest BCUT2D eigenvalue weighted by Gasteiger charge is 2.14. The number of benzene rings is 1. The number of aromatic nitrogens is 3. The lowest BCUT2D eigenvalue weighted by atomic mass is 10.1. The van der Waals surface area contributed by atoms with Crippen LogP contribution in [0.2, 0.25) is 0 Å². The lowest BCUT2D eigenvalue weighted by Crippen LogP contribution is -2.20.